The van der Waals surface area contributed by atoms with E-state index in [9.17, 15) is 0 Å². The summed E-state index contributed by atoms with van der Waals surface area (Å²) in [5.74, 6) is 1.23. The van der Waals surface area contributed by atoms with E-state index in [-0.39, 0.29) is 0 Å². The molecule has 0 amide bonds. The zero-order valence-electron chi connectivity index (χ0n) is 8.89. The third-order valence-electron chi connectivity index (χ3n) is 1.93. The molecule has 0 aliphatic carbocycles. The topological polar surface area (TPSA) is 12.0 Å². The maximum atomic E-state index is 3.55. The first-order valence-electron chi connectivity index (χ1n) is 5.05. The molecule has 74 valence electrons. The van der Waals surface area contributed by atoms with E-state index in [0.717, 1.165) is 11.8 Å². The van der Waals surface area contributed by atoms with Crippen molar-refractivity contribution in [2.45, 2.75) is 51.8 Å². The largest absolute Gasteiger partial charge is 0.313 e. The van der Waals surface area contributed by atoms with Gasteiger partial charge in [-0.15, -0.1) is 0 Å². The van der Waals surface area contributed by atoms with Gasteiger partial charge in [0.2, 0.25) is 0 Å². The van der Waals surface area contributed by atoms with Gasteiger partial charge in [0.25, 0.3) is 0 Å². The summed E-state index contributed by atoms with van der Waals surface area (Å²) in [6, 6.07) is 0.690. The lowest BCUT2D eigenvalue weighted by atomic mass is 10.2. The second-order valence-corrected chi connectivity index (χ2v) is 5.08. The minimum absolute atomic E-state index is 0.690. The number of hydrogen-bond acceptors (Lipinski definition) is 2. The summed E-state index contributed by atoms with van der Waals surface area (Å²) >= 11 is 2.03. The third kappa shape index (κ3) is 6.99. The molecule has 0 saturated carbocycles. The average molecular weight is 189 g/mol. The van der Waals surface area contributed by atoms with Crippen LogP contribution in [-0.4, -0.2) is 23.6 Å². The molecule has 0 rings (SSSR count). The minimum Gasteiger partial charge on any atom is -0.313 e. The highest BCUT2D eigenvalue weighted by Crippen LogP contribution is 2.08. The predicted molar refractivity (Wildman–Crippen MR) is 60.0 cm³/mol. The van der Waals surface area contributed by atoms with E-state index in [1.165, 1.54) is 18.6 Å². The number of hydrogen-bond donors (Lipinski definition) is 1. The van der Waals surface area contributed by atoms with Crippen molar-refractivity contribution >= 4 is 11.8 Å². The van der Waals surface area contributed by atoms with E-state index in [1.807, 2.05) is 11.8 Å². The van der Waals surface area contributed by atoms with Crippen LogP contribution in [0.3, 0.4) is 0 Å². The van der Waals surface area contributed by atoms with Crippen LogP contribution < -0.4 is 5.32 Å². The predicted octanol–water partition coefficient (Wildman–Crippen LogP) is 2.91. The molecule has 2 unspecified atom stereocenters. The van der Waals surface area contributed by atoms with Gasteiger partial charge in [0.15, 0.2) is 0 Å². The van der Waals surface area contributed by atoms with Crippen molar-refractivity contribution in [3.63, 3.8) is 0 Å². The molecule has 12 heavy (non-hydrogen) atoms. The van der Waals surface area contributed by atoms with Crippen molar-refractivity contribution in [3.8, 4) is 0 Å². The lowest BCUT2D eigenvalue weighted by molar-refractivity contribution is 0.511. The van der Waals surface area contributed by atoms with Gasteiger partial charge in [-0.3, -0.25) is 0 Å². The van der Waals surface area contributed by atoms with Crippen LogP contribution in [0.25, 0.3) is 0 Å². The first-order valence-corrected chi connectivity index (χ1v) is 6.10. The molecule has 2 heteroatoms. The molecular weight excluding hydrogens is 166 g/mol. The Kier molecular flexibility index (Phi) is 8.14. The quantitative estimate of drug-likeness (QED) is 0.661. The summed E-state index contributed by atoms with van der Waals surface area (Å²) in [5, 5.41) is 4.31. The molecule has 0 bridgehead atoms. The van der Waals surface area contributed by atoms with Gasteiger partial charge in [-0.2, -0.15) is 11.8 Å². The first-order chi connectivity index (χ1) is 5.70. The number of thioether (sulfide) groups is 1. The van der Waals surface area contributed by atoms with Gasteiger partial charge in [0.1, 0.15) is 0 Å². The van der Waals surface area contributed by atoms with Gasteiger partial charge in [0.05, 0.1) is 0 Å². The standard InChI is InChI=1S/C10H23NS/c1-5-7-9(3)11-8-10(4)12-6-2/h9-11H,5-8H2,1-4H3. The Bertz CT molecular complexity index is 83.8. The van der Waals surface area contributed by atoms with Gasteiger partial charge in [0, 0.05) is 17.8 Å². The molecule has 0 aromatic heterocycles. The summed E-state index contributed by atoms with van der Waals surface area (Å²) in [6.07, 6.45) is 2.58. The smallest absolute Gasteiger partial charge is 0.0144 e. The Morgan fingerprint density at radius 3 is 2.42 bits per heavy atom. The fourth-order valence-corrected chi connectivity index (χ4v) is 2.03. The van der Waals surface area contributed by atoms with Crippen molar-refractivity contribution in [3.05, 3.63) is 0 Å². The molecule has 2 atom stereocenters. The van der Waals surface area contributed by atoms with E-state index < -0.39 is 0 Å². The Morgan fingerprint density at radius 1 is 1.25 bits per heavy atom. The highest BCUT2D eigenvalue weighted by Gasteiger charge is 2.03. The molecule has 0 radical (unpaired) electrons. The van der Waals surface area contributed by atoms with Crippen LogP contribution in [0.1, 0.15) is 40.5 Å². The number of nitrogens with one attached hydrogen (secondary N) is 1. The number of rotatable bonds is 7. The first kappa shape index (κ1) is 12.3. The average Bonchev–Trinajstić information content (AvgIpc) is 2.02. The van der Waals surface area contributed by atoms with Gasteiger partial charge in [-0.05, 0) is 19.1 Å². The van der Waals surface area contributed by atoms with Crippen molar-refractivity contribution in [1.82, 2.24) is 5.32 Å². The molecular formula is C10H23NS. The highest BCUT2D eigenvalue weighted by molar-refractivity contribution is 7.99. The summed E-state index contributed by atoms with van der Waals surface area (Å²) in [5.41, 5.74) is 0. The molecule has 0 aromatic carbocycles. The molecule has 0 heterocycles. The summed E-state index contributed by atoms with van der Waals surface area (Å²) in [6.45, 7) is 10.2. The van der Waals surface area contributed by atoms with Gasteiger partial charge in [-0.1, -0.05) is 27.2 Å². The Hall–Kier alpha value is 0.310. The fourth-order valence-electron chi connectivity index (χ4n) is 1.25. The zero-order valence-corrected chi connectivity index (χ0v) is 9.71. The monoisotopic (exact) mass is 189 g/mol. The Morgan fingerprint density at radius 2 is 1.92 bits per heavy atom. The van der Waals surface area contributed by atoms with E-state index in [2.05, 4.69) is 33.0 Å². The van der Waals surface area contributed by atoms with Crippen LogP contribution >= 0.6 is 11.8 Å². The lowest BCUT2D eigenvalue weighted by Crippen LogP contribution is -2.31. The molecule has 0 aliphatic rings. The van der Waals surface area contributed by atoms with Crippen LogP contribution in [0.5, 0.6) is 0 Å². The van der Waals surface area contributed by atoms with Crippen molar-refractivity contribution in [1.29, 1.82) is 0 Å². The molecule has 0 aliphatic heterocycles. The molecule has 0 fully saturated rings. The van der Waals surface area contributed by atoms with E-state index in [4.69, 9.17) is 0 Å². The van der Waals surface area contributed by atoms with Crippen molar-refractivity contribution in [2.24, 2.45) is 0 Å². The molecule has 1 nitrogen and oxygen atoms in total. The van der Waals surface area contributed by atoms with Crippen molar-refractivity contribution in [2.75, 3.05) is 12.3 Å². The maximum Gasteiger partial charge on any atom is 0.0144 e. The normalized spacial score (nSPS) is 16.0. The lowest BCUT2D eigenvalue weighted by Gasteiger charge is -2.16. The van der Waals surface area contributed by atoms with Crippen LogP contribution in [0, 0.1) is 0 Å². The van der Waals surface area contributed by atoms with Gasteiger partial charge >= 0.3 is 0 Å². The van der Waals surface area contributed by atoms with E-state index in [1.54, 1.807) is 0 Å². The van der Waals surface area contributed by atoms with E-state index in [0.29, 0.717) is 6.04 Å². The SMILES string of the molecule is CCCC(C)NCC(C)SCC. The van der Waals surface area contributed by atoms with Crippen LogP contribution in [-0.2, 0) is 0 Å². The zero-order chi connectivity index (χ0) is 9.40. The molecule has 0 aromatic rings. The molecule has 0 saturated heterocycles. The Labute approximate surface area is 81.7 Å². The summed E-state index contributed by atoms with van der Waals surface area (Å²) < 4.78 is 0. The van der Waals surface area contributed by atoms with Crippen LogP contribution in [0.4, 0.5) is 0 Å². The fraction of sp³-hybridized carbons (Fsp3) is 1.00. The second-order valence-electron chi connectivity index (χ2n) is 3.36. The minimum atomic E-state index is 0.690. The summed E-state index contributed by atoms with van der Waals surface area (Å²) in [7, 11) is 0. The maximum absolute atomic E-state index is 3.55. The molecule has 0 spiro atoms. The van der Waals surface area contributed by atoms with Crippen LogP contribution in [0.15, 0.2) is 0 Å². The third-order valence-corrected chi connectivity index (χ3v) is 3.00. The highest BCUT2D eigenvalue weighted by atomic mass is 32.2. The van der Waals surface area contributed by atoms with Crippen LogP contribution in [0.2, 0.25) is 0 Å². The van der Waals surface area contributed by atoms with Crippen molar-refractivity contribution < 1.29 is 0 Å². The second kappa shape index (κ2) is 7.93. The molecule has 1 N–H and O–H groups in total. The van der Waals surface area contributed by atoms with E-state index >= 15 is 0 Å². The summed E-state index contributed by atoms with van der Waals surface area (Å²) in [4.78, 5) is 0. The Balaban J connectivity index is 3.27. The van der Waals surface area contributed by atoms with Gasteiger partial charge in [-0.25, -0.2) is 0 Å². The van der Waals surface area contributed by atoms with Gasteiger partial charge < -0.3 is 5.32 Å².